The second-order valence-electron chi connectivity index (χ2n) is 7.19. The Hall–Kier alpha value is -2.31. The summed E-state index contributed by atoms with van der Waals surface area (Å²) in [6.45, 7) is 9.62. The number of piperazine rings is 1. The van der Waals surface area contributed by atoms with Crippen molar-refractivity contribution in [2.45, 2.75) is 26.9 Å². The van der Waals surface area contributed by atoms with E-state index < -0.39 is 6.10 Å². The number of carbonyl (C=O) groups is 1. The molecule has 0 radical (unpaired) electrons. The van der Waals surface area contributed by atoms with Crippen LogP contribution in [0.5, 0.6) is 5.75 Å². The van der Waals surface area contributed by atoms with Gasteiger partial charge in [0.25, 0.3) is 5.91 Å². The molecule has 1 unspecified atom stereocenters. The number of furan rings is 1. The molecule has 1 amide bonds. The molecule has 1 aliphatic heterocycles. The fourth-order valence-corrected chi connectivity index (χ4v) is 3.37. The number of aliphatic hydroxyl groups is 1. The number of carbonyl (C=O) groups excluding carboxylic acids is 1. The SMILES string of the molecule is Cc1ccc(C)c(OCC(O)CN2CCN(C(=O)c3ccco3)CC2)c1C. The summed E-state index contributed by atoms with van der Waals surface area (Å²) in [5.41, 5.74) is 3.38. The van der Waals surface area contributed by atoms with Gasteiger partial charge in [0.2, 0.25) is 0 Å². The maximum absolute atomic E-state index is 12.3. The molecule has 0 bridgehead atoms. The number of aryl methyl sites for hydroxylation is 2. The number of ether oxygens (including phenoxy) is 1. The van der Waals surface area contributed by atoms with Crippen LogP contribution in [0.1, 0.15) is 27.2 Å². The first-order chi connectivity index (χ1) is 13.0. The van der Waals surface area contributed by atoms with E-state index in [2.05, 4.69) is 17.9 Å². The minimum atomic E-state index is -0.573. The zero-order chi connectivity index (χ0) is 19.4. The highest BCUT2D eigenvalue weighted by atomic mass is 16.5. The second kappa shape index (κ2) is 8.59. The molecule has 1 N–H and O–H groups in total. The Morgan fingerprint density at radius 1 is 1.15 bits per heavy atom. The van der Waals surface area contributed by atoms with Crippen LogP contribution in [0.25, 0.3) is 0 Å². The molecule has 1 saturated heterocycles. The van der Waals surface area contributed by atoms with Crippen LogP contribution in [0.2, 0.25) is 0 Å². The highest BCUT2D eigenvalue weighted by molar-refractivity contribution is 5.91. The minimum absolute atomic E-state index is 0.0751. The van der Waals surface area contributed by atoms with E-state index in [-0.39, 0.29) is 12.5 Å². The third kappa shape index (κ3) is 4.70. The van der Waals surface area contributed by atoms with Gasteiger partial charge in [0.05, 0.1) is 6.26 Å². The Morgan fingerprint density at radius 3 is 2.52 bits per heavy atom. The first kappa shape index (κ1) is 19.5. The third-order valence-electron chi connectivity index (χ3n) is 5.15. The molecule has 1 fully saturated rings. The van der Waals surface area contributed by atoms with Crippen LogP contribution >= 0.6 is 0 Å². The lowest BCUT2D eigenvalue weighted by Crippen LogP contribution is -2.50. The minimum Gasteiger partial charge on any atom is -0.490 e. The van der Waals surface area contributed by atoms with E-state index in [0.29, 0.717) is 25.4 Å². The molecule has 0 aliphatic carbocycles. The predicted octanol–water partition coefficient (Wildman–Crippen LogP) is 2.40. The van der Waals surface area contributed by atoms with Crippen molar-refractivity contribution in [1.82, 2.24) is 9.80 Å². The van der Waals surface area contributed by atoms with Crippen molar-refractivity contribution in [1.29, 1.82) is 0 Å². The molecule has 0 saturated carbocycles. The van der Waals surface area contributed by atoms with E-state index in [1.54, 1.807) is 17.0 Å². The lowest BCUT2D eigenvalue weighted by Gasteiger charge is -2.35. The Morgan fingerprint density at radius 2 is 1.85 bits per heavy atom. The first-order valence-electron chi connectivity index (χ1n) is 9.38. The van der Waals surface area contributed by atoms with Gasteiger partial charge < -0.3 is 19.2 Å². The van der Waals surface area contributed by atoms with E-state index in [1.807, 2.05) is 19.9 Å². The van der Waals surface area contributed by atoms with E-state index in [1.165, 1.54) is 11.8 Å². The summed E-state index contributed by atoms with van der Waals surface area (Å²) >= 11 is 0. The number of hydrogen-bond acceptors (Lipinski definition) is 5. The number of nitrogens with zero attached hydrogens (tertiary/aromatic N) is 2. The van der Waals surface area contributed by atoms with Crippen LogP contribution in [0.4, 0.5) is 0 Å². The summed E-state index contributed by atoms with van der Waals surface area (Å²) in [4.78, 5) is 16.2. The van der Waals surface area contributed by atoms with Gasteiger partial charge in [-0.2, -0.15) is 0 Å². The quantitative estimate of drug-likeness (QED) is 0.843. The number of amides is 1. The van der Waals surface area contributed by atoms with Crippen LogP contribution in [0.3, 0.4) is 0 Å². The first-order valence-corrected chi connectivity index (χ1v) is 9.38. The fourth-order valence-electron chi connectivity index (χ4n) is 3.37. The van der Waals surface area contributed by atoms with Crippen molar-refractivity contribution in [2.75, 3.05) is 39.3 Å². The summed E-state index contributed by atoms with van der Waals surface area (Å²) in [6, 6.07) is 7.53. The molecule has 1 aliphatic rings. The third-order valence-corrected chi connectivity index (χ3v) is 5.15. The van der Waals surface area contributed by atoms with Crippen molar-refractivity contribution in [2.24, 2.45) is 0 Å². The molecule has 27 heavy (non-hydrogen) atoms. The molecule has 3 rings (SSSR count). The summed E-state index contributed by atoms with van der Waals surface area (Å²) in [5.74, 6) is 1.16. The zero-order valence-corrected chi connectivity index (χ0v) is 16.3. The average Bonchev–Trinajstić information content (AvgIpc) is 3.20. The molecule has 6 heteroatoms. The highest BCUT2D eigenvalue weighted by Crippen LogP contribution is 2.25. The number of rotatable bonds is 6. The highest BCUT2D eigenvalue weighted by Gasteiger charge is 2.24. The van der Waals surface area contributed by atoms with Crippen molar-refractivity contribution in [3.8, 4) is 5.75 Å². The molecule has 1 aromatic heterocycles. The second-order valence-corrected chi connectivity index (χ2v) is 7.19. The lowest BCUT2D eigenvalue weighted by atomic mass is 10.1. The standard InChI is InChI=1S/C21H28N2O4/c1-15-6-7-16(2)20(17(15)3)27-14-18(24)13-22-8-10-23(11-9-22)21(25)19-5-4-12-26-19/h4-7,12,18,24H,8-11,13-14H2,1-3H3. The van der Waals surface area contributed by atoms with Crippen molar-refractivity contribution in [3.63, 3.8) is 0 Å². The van der Waals surface area contributed by atoms with Gasteiger partial charge in [0.15, 0.2) is 5.76 Å². The molecule has 1 atom stereocenters. The number of benzene rings is 1. The summed E-state index contributed by atoms with van der Waals surface area (Å²) in [5, 5.41) is 10.4. The van der Waals surface area contributed by atoms with Crippen molar-refractivity contribution < 1.29 is 19.1 Å². The van der Waals surface area contributed by atoms with Crippen molar-refractivity contribution in [3.05, 3.63) is 53.0 Å². The molecule has 2 heterocycles. The van der Waals surface area contributed by atoms with Gasteiger partial charge in [0.1, 0.15) is 18.5 Å². The number of β-amino-alcohol motifs (C(OH)–C–C–N with tert-alkyl or cyclic N) is 1. The van der Waals surface area contributed by atoms with Gasteiger partial charge in [-0.3, -0.25) is 9.69 Å². The number of aliphatic hydroxyl groups excluding tert-OH is 1. The molecular weight excluding hydrogens is 344 g/mol. The zero-order valence-electron chi connectivity index (χ0n) is 16.3. The monoisotopic (exact) mass is 372 g/mol. The Labute approximate surface area is 160 Å². The summed E-state index contributed by atoms with van der Waals surface area (Å²) in [7, 11) is 0. The van der Waals surface area contributed by atoms with Crippen LogP contribution in [0, 0.1) is 20.8 Å². The maximum Gasteiger partial charge on any atom is 0.289 e. The van der Waals surface area contributed by atoms with Gasteiger partial charge in [-0.1, -0.05) is 12.1 Å². The Balaban J connectivity index is 1.45. The van der Waals surface area contributed by atoms with Crippen LogP contribution in [-0.2, 0) is 0 Å². The molecule has 1 aromatic carbocycles. The van der Waals surface area contributed by atoms with Crippen LogP contribution < -0.4 is 4.74 Å². The molecule has 0 spiro atoms. The maximum atomic E-state index is 12.3. The van der Waals surface area contributed by atoms with Gasteiger partial charge in [-0.15, -0.1) is 0 Å². The van der Waals surface area contributed by atoms with Gasteiger partial charge in [0, 0.05) is 32.7 Å². The smallest absolute Gasteiger partial charge is 0.289 e. The predicted molar refractivity (Wildman–Crippen MR) is 103 cm³/mol. The van der Waals surface area contributed by atoms with Crippen LogP contribution in [-0.4, -0.2) is 66.2 Å². The van der Waals surface area contributed by atoms with Crippen LogP contribution in [0.15, 0.2) is 34.9 Å². The molecule has 6 nitrogen and oxygen atoms in total. The van der Waals surface area contributed by atoms with E-state index in [0.717, 1.165) is 30.0 Å². The normalized spacial score (nSPS) is 16.4. The summed E-state index contributed by atoms with van der Waals surface area (Å²) < 4.78 is 11.1. The lowest BCUT2D eigenvalue weighted by molar-refractivity contribution is 0.0387. The Bertz CT molecular complexity index is 765. The molecule has 146 valence electrons. The largest absolute Gasteiger partial charge is 0.490 e. The number of hydrogen-bond donors (Lipinski definition) is 1. The topological polar surface area (TPSA) is 66.2 Å². The van der Waals surface area contributed by atoms with E-state index >= 15 is 0 Å². The van der Waals surface area contributed by atoms with Gasteiger partial charge in [-0.05, 0) is 49.6 Å². The molecular formula is C21H28N2O4. The van der Waals surface area contributed by atoms with E-state index in [4.69, 9.17) is 9.15 Å². The van der Waals surface area contributed by atoms with E-state index in [9.17, 15) is 9.90 Å². The van der Waals surface area contributed by atoms with Gasteiger partial charge in [-0.25, -0.2) is 0 Å². The average molecular weight is 372 g/mol. The fraction of sp³-hybridized carbons (Fsp3) is 0.476. The summed E-state index contributed by atoms with van der Waals surface area (Å²) in [6.07, 6.45) is 0.939. The Kier molecular flexibility index (Phi) is 6.19. The van der Waals surface area contributed by atoms with Crippen molar-refractivity contribution >= 4 is 5.91 Å². The molecule has 2 aromatic rings. The van der Waals surface area contributed by atoms with Gasteiger partial charge >= 0.3 is 0 Å².